The van der Waals surface area contributed by atoms with E-state index in [4.69, 9.17) is 19.9 Å². The molecule has 160 valence electrons. The predicted molar refractivity (Wildman–Crippen MR) is 121 cm³/mol. The molecular weight excluding hydrogens is 416 g/mol. The molecule has 1 atom stereocenters. The van der Waals surface area contributed by atoms with Crippen molar-refractivity contribution in [3.63, 3.8) is 0 Å². The largest absolute Gasteiger partial charge is 0.454 e. The molecule has 3 aromatic carbocycles. The number of ether oxygens (including phenoxy) is 3. The number of nitriles is 1. The summed E-state index contributed by atoms with van der Waals surface area (Å²) in [5, 5.41) is 17.3. The first-order valence-corrected chi connectivity index (χ1v) is 10.4. The summed E-state index contributed by atoms with van der Waals surface area (Å²) in [4.78, 5) is 0. The molecule has 7 heteroatoms. The Balaban J connectivity index is 1.47. The first-order valence-electron chi connectivity index (χ1n) is 10.4. The monoisotopic (exact) mass is 434 g/mol. The van der Waals surface area contributed by atoms with Gasteiger partial charge in [0.2, 0.25) is 18.6 Å². The third-order valence-corrected chi connectivity index (χ3v) is 5.95. The lowest BCUT2D eigenvalue weighted by molar-refractivity contribution is 0.174. The van der Waals surface area contributed by atoms with Crippen LogP contribution in [0.3, 0.4) is 0 Å². The molecule has 0 radical (unpaired) electrons. The van der Waals surface area contributed by atoms with E-state index in [0.29, 0.717) is 23.0 Å². The van der Waals surface area contributed by atoms with Gasteiger partial charge in [-0.25, -0.2) is 0 Å². The summed E-state index contributed by atoms with van der Waals surface area (Å²) in [6, 6.07) is 26.2. The Hall–Kier alpha value is -4.70. The first kappa shape index (κ1) is 19.0. The predicted octanol–water partition coefficient (Wildman–Crippen LogP) is 4.69. The van der Waals surface area contributed by atoms with Gasteiger partial charge < -0.3 is 19.9 Å². The van der Waals surface area contributed by atoms with Crippen LogP contribution in [-0.2, 0) is 0 Å². The van der Waals surface area contributed by atoms with Crippen LogP contribution in [0.2, 0.25) is 0 Å². The molecule has 1 unspecified atom stereocenters. The Bertz CT molecular complexity index is 1430. The zero-order valence-corrected chi connectivity index (χ0v) is 17.4. The van der Waals surface area contributed by atoms with E-state index in [1.54, 1.807) is 0 Å². The smallest absolute Gasteiger partial charge is 0.244 e. The van der Waals surface area contributed by atoms with E-state index in [9.17, 15) is 5.26 Å². The fourth-order valence-corrected chi connectivity index (χ4v) is 4.35. The van der Waals surface area contributed by atoms with Crippen LogP contribution in [0.4, 0.5) is 0 Å². The van der Waals surface area contributed by atoms with Gasteiger partial charge in [0.15, 0.2) is 11.5 Å². The van der Waals surface area contributed by atoms with E-state index in [1.807, 2.05) is 60.7 Å². The number of hydrogen-bond acceptors (Lipinski definition) is 6. The van der Waals surface area contributed by atoms with E-state index in [1.165, 1.54) is 0 Å². The molecule has 4 aromatic rings. The van der Waals surface area contributed by atoms with Gasteiger partial charge >= 0.3 is 0 Å². The standard InChI is InChI=1S/C26H18N4O3/c27-13-19-22(17-8-6-16(7-9-17)15-4-2-1-3-5-15)23-24(29-30-26(23)33-25(19)28)18-10-11-20-21(12-18)32-14-31-20/h1-12,22H,14,28H2,(H,29,30). The number of allylic oxidation sites excluding steroid dienone is 1. The third-order valence-electron chi connectivity index (χ3n) is 5.95. The average Bonchev–Trinajstić information content (AvgIpc) is 3.50. The van der Waals surface area contributed by atoms with E-state index in [2.05, 4.69) is 28.4 Å². The van der Waals surface area contributed by atoms with Crippen LogP contribution < -0.4 is 19.9 Å². The summed E-state index contributed by atoms with van der Waals surface area (Å²) in [6.07, 6.45) is 0. The zero-order valence-electron chi connectivity index (χ0n) is 17.4. The molecule has 0 aliphatic carbocycles. The average molecular weight is 434 g/mol. The molecule has 0 saturated carbocycles. The van der Waals surface area contributed by atoms with Gasteiger partial charge in [-0.3, -0.25) is 5.10 Å². The van der Waals surface area contributed by atoms with Gasteiger partial charge in [0.1, 0.15) is 11.6 Å². The molecule has 0 saturated heterocycles. The second-order valence-corrected chi connectivity index (χ2v) is 7.80. The van der Waals surface area contributed by atoms with Crippen molar-refractivity contribution in [2.24, 2.45) is 5.73 Å². The van der Waals surface area contributed by atoms with Crippen molar-refractivity contribution in [1.29, 1.82) is 5.26 Å². The molecule has 0 amide bonds. The topological polar surface area (TPSA) is 106 Å². The number of hydrogen-bond donors (Lipinski definition) is 2. The number of benzene rings is 3. The third kappa shape index (κ3) is 3.08. The second kappa shape index (κ2) is 7.46. The van der Waals surface area contributed by atoms with Crippen molar-refractivity contribution >= 4 is 0 Å². The van der Waals surface area contributed by atoms with Crippen LogP contribution in [0, 0.1) is 11.3 Å². The zero-order chi connectivity index (χ0) is 22.4. The molecular formula is C26H18N4O3. The van der Waals surface area contributed by atoms with Gasteiger partial charge in [0.05, 0.1) is 17.2 Å². The van der Waals surface area contributed by atoms with Crippen LogP contribution in [0.25, 0.3) is 22.4 Å². The number of H-pyrrole nitrogens is 1. The summed E-state index contributed by atoms with van der Waals surface area (Å²) in [6.45, 7) is 0.192. The Labute approximate surface area is 189 Å². The Morgan fingerprint density at radius 3 is 2.42 bits per heavy atom. The molecule has 0 bridgehead atoms. The molecule has 2 aliphatic rings. The lowest BCUT2D eigenvalue weighted by Gasteiger charge is -2.24. The minimum absolute atomic E-state index is 0.0610. The van der Waals surface area contributed by atoms with Crippen molar-refractivity contribution in [1.82, 2.24) is 10.2 Å². The Morgan fingerprint density at radius 1 is 0.909 bits per heavy atom. The molecule has 0 fully saturated rings. The number of rotatable bonds is 3. The van der Waals surface area contributed by atoms with Crippen molar-refractivity contribution in [2.75, 3.05) is 6.79 Å². The maximum absolute atomic E-state index is 9.94. The maximum atomic E-state index is 9.94. The van der Waals surface area contributed by atoms with Gasteiger partial charge in [-0.05, 0) is 34.9 Å². The number of aromatic nitrogens is 2. The van der Waals surface area contributed by atoms with Gasteiger partial charge in [-0.1, -0.05) is 54.6 Å². The summed E-state index contributed by atoms with van der Waals surface area (Å²) in [5.74, 6) is 1.34. The highest BCUT2D eigenvalue weighted by molar-refractivity contribution is 5.73. The lowest BCUT2D eigenvalue weighted by Crippen LogP contribution is -2.21. The van der Waals surface area contributed by atoms with Crippen molar-refractivity contribution in [3.8, 4) is 45.8 Å². The number of nitrogens with two attached hydrogens (primary N) is 1. The Morgan fingerprint density at radius 2 is 1.64 bits per heavy atom. The maximum Gasteiger partial charge on any atom is 0.244 e. The quantitative estimate of drug-likeness (QED) is 0.485. The molecule has 3 N–H and O–H groups in total. The number of fused-ring (bicyclic) bond motifs is 2. The lowest BCUT2D eigenvalue weighted by atomic mass is 9.82. The van der Waals surface area contributed by atoms with E-state index < -0.39 is 5.92 Å². The van der Waals surface area contributed by atoms with Crippen molar-refractivity contribution in [2.45, 2.75) is 5.92 Å². The SMILES string of the molecule is N#CC1=C(N)Oc2n[nH]c(-c3ccc4c(c3)OCO4)c2C1c1ccc(-c2ccccc2)cc1. The second-order valence-electron chi connectivity index (χ2n) is 7.80. The van der Waals surface area contributed by atoms with Crippen LogP contribution in [0.15, 0.2) is 84.3 Å². The van der Waals surface area contributed by atoms with Crippen LogP contribution in [0.1, 0.15) is 17.0 Å². The van der Waals surface area contributed by atoms with Crippen LogP contribution in [-0.4, -0.2) is 17.0 Å². The summed E-state index contributed by atoms with van der Waals surface area (Å²) < 4.78 is 16.7. The molecule has 33 heavy (non-hydrogen) atoms. The fraction of sp³-hybridized carbons (Fsp3) is 0.0769. The molecule has 7 nitrogen and oxygen atoms in total. The summed E-state index contributed by atoms with van der Waals surface area (Å²) in [7, 11) is 0. The molecule has 6 rings (SSSR count). The van der Waals surface area contributed by atoms with Crippen LogP contribution in [0.5, 0.6) is 17.4 Å². The highest BCUT2D eigenvalue weighted by Crippen LogP contribution is 2.47. The molecule has 0 spiro atoms. The van der Waals surface area contributed by atoms with Gasteiger partial charge in [0.25, 0.3) is 0 Å². The van der Waals surface area contributed by atoms with E-state index in [0.717, 1.165) is 33.5 Å². The van der Waals surface area contributed by atoms with E-state index in [-0.39, 0.29) is 12.7 Å². The summed E-state index contributed by atoms with van der Waals surface area (Å²) in [5.41, 5.74) is 11.9. The van der Waals surface area contributed by atoms with Gasteiger partial charge in [-0.2, -0.15) is 5.26 Å². The van der Waals surface area contributed by atoms with Crippen molar-refractivity contribution in [3.05, 3.63) is 95.4 Å². The summed E-state index contributed by atoms with van der Waals surface area (Å²) >= 11 is 0. The fourth-order valence-electron chi connectivity index (χ4n) is 4.35. The molecule has 1 aromatic heterocycles. The Kier molecular flexibility index (Phi) is 4.30. The van der Waals surface area contributed by atoms with Crippen LogP contribution >= 0.6 is 0 Å². The normalized spacial score (nSPS) is 16.2. The first-order chi connectivity index (χ1) is 16.2. The highest BCUT2D eigenvalue weighted by Gasteiger charge is 2.35. The highest BCUT2D eigenvalue weighted by atomic mass is 16.7. The minimum atomic E-state index is -0.428. The molecule has 3 heterocycles. The van der Waals surface area contributed by atoms with Gasteiger partial charge in [-0.15, -0.1) is 5.10 Å². The van der Waals surface area contributed by atoms with Gasteiger partial charge in [0, 0.05) is 5.56 Å². The molecule has 2 aliphatic heterocycles. The number of aromatic amines is 1. The minimum Gasteiger partial charge on any atom is -0.454 e. The number of nitrogens with one attached hydrogen (secondary N) is 1. The van der Waals surface area contributed by atoms with E-state index >= 15 is 0 Å². The van der Waals surface area contributed by atoms with Crippen molar-refractivity contribution < 1.29 is 14.2 Å². The number of nitrogens with zero attached hydrogens (tertiary/aromatic N) is 2.